The molecular weight excluding hydrogens is 376 g/mol. The van der Waals surface area contributed by atoms with Crippen LogP contribution in [0.2, 0.25) is 0 Å². The van der Waals surface area contributed by atoms with Gasteiger partial charge in [0.05, 0.1) is 20.2 Å². The normalized spacial score (nSPS) is 20.6. The molecule has 1 aliphatic carbocycles. The average molecular weight is 386 g/mol. The topological polar surface area (TPSA) is 61.7 Å². The van der Waals surface area contributed by atoms with Crippen LogP contribution in [0.25, 0.3) is 6.08 Å². The Kier molecular flexibility index (Phi) is 3.22. The molecule has 98 valence electrons. The smallest absolute Gasteiger partial charge is 0.273 e. The number of halogens is 2. The monoisotopic (exact) mass is 384 g/mol. The molecule has 1 aliphatic heterocycles. The van der Waals surface area contributed by atoms with E-state index in [1.165, 1.54) is 0 Å². The number of rotatable bonds is 2. The quantitative estimate of drug-likeness (QED) is 0.768. The van der Waals surface area contributed by atoms with Crippen LogP contribution in [0.5, 0.6) is 5.75 Å². The van der Waals surface area contributed by atoms with Gasteiger partial charge in [0.25, 0.3) is 5.91 Å². The van der Waals surface area contributed by atoms with E-state index in [0.29, 0.717) is 20.4 Å². The van der Waals surface area contributed by atoms with Crippen molar-refractivity contribution in [2.24, 2.45) is 11.0 Å². The number of aromatic hydroxyl groups is 1. The third kappa shape index (κ3) is 2.47. The lowest BCUT2D eigenvalue weighted by molar-refractivity contribution is -0.116. The van der Waals surface area contributed by atoms with E-state index in [1.807, 2.05) is 0 Å². The Balaban J connectivity index is 2.00. The number of hydrogen-bond donors (Lipinski definition) is 2. The number of phenols is 1. The second-order valence-electron chi connectivity index (χ2n) is 4.60. The van der Waals surface area contributed by atoms with Crippen molar-refractivity contribution in [1.82, 2.24) is 5.43 Å². The average Bonchev–Trinajstić information content (AvgIpc) is 3.14. The Hall–Kier alpha value is -1.14. The van der Waals surface area contributed by atoms with Crippen LogP contribution in [0.15, 0.2) is 31.8 Å². The summed E-state index contributed by atoms with van der Waals surface area (Å²) in [6.07, 6.45) is 3.98. The molecule has 4 nitrogen and oxygen atoms in total. The van der Waals surface area contributed by atoms with Crippen LogP contribution >= 0.6 is 31.9 Å². The number of carbonyl (C=O) groups excluding carboxylic acids is 1. The molecule has 1 heterocycles. The zero-order chi connectivity index (χ0) is 13.6. The van der Waals surface area contributed by atoms with Gasteiger partial charge in [-0.2, -0.15) is 5.10 Å². The van der Waals surface area contributed by atoms with E-state index < -0.39 is 0 Å². The van der Waals surface area contributed by atoms with Gasteiger partial charge in [-0.15, -0.1) is 0 Å². The lowest BCUT2D eigenvalue weighted by Crippen LogP contribution is -2.13. The van der Waals surface area contributed by atoms with Gasteiger partial charge in [0.2, 0.25) is 0 Å². The Morgan fingerprint density at radius 2 is 1.95 bits per heavy atom. The maximum absolute atomic E-state index is 11.8. The standard InChI is InChI=1S/C13H10Br2N2O2/c14-9-4-6(5-10(15)12(9)18)3-8-11(7-1-2-7)16-17-13(8)19/h3-5,7,18H,1-2H2,(H,17,19). The molecule has 0 atom stereocenters. The van der Waals surface area contributed by atoms with Gasteiger partial charge in [0.15, 0.2) is 0 Å². The van der Waals surface area contributed by atoms with Crippen molar-refractivity contribution in [3.8, 4) is 5.75 Å². The zero-order valence-electron chi connectivity index (χ0n) is 9.78. The molecule has 19 heavy (non-hydrogen) atoms. The Morgan fingerprint density at radius 3 is 2.53 bits per heavy atom. The Morgan fingerprint density at radius 1 is 1.32 bits per heavy atom. The number of benzene rings is 1. The number of phenolic OH excluding ortho intramolecular Hbond substituents is 1. The molecule has 3 rings (SSSR count). The fourth-order valence-electron chi connectivity index (χ4n) is 1.99. The van der Waals surface area contributed by atoms with Gasteiger partial charge < -0.3 is 5.11 Å². The predicted molar refractivity (Wildman–Crippen MR) is 79.8 cm³/mol. The molecule has 0 unspecified atom stereocenters. The van der Waals surface area contributed by atoms with Crippen LogP contribution in [0.4, 0.5) is 0 Å². The summed E-state index contributed by atoms with van der Waals surface area (Å²) in [5.74, 6) is 0.394. The maximum atomic E-state index is 11.8. The van der Waals surface area contributed by atoms with E-state index >= 15 is 0 Å². The molecule has 0 spiro atoms. The third-order valence-corrected chi connectivity index (χ3v) is 4.32. The number of carbonyl (C=O) groups is 1. The lowest BCUT2D eigenvalue weighted by atomic mass is 10.0. The van der Waals surface area contributed by atoms with Crippen molar-refractivity contribution < 1.29 is 9.90 Å². The second-order valence-corrected chi connectivity index (χ2v) is 6.31. The van der Waals surface area contributed by atoms with Gasteiger partial charge in [-0.1, -0.05) is 0 Å². The summed E-state index contributed by atoms with van der Waals surface area (Å²) in [4.78, 5) is 11.8. The van der Waals surface area contributed by atoms with E-state index in [1.54, 1.807) is 18.2 Å². The summed E-state index contributed by atoms with van der Waals surface area (Å²) in [6, 6.07) is 3.53. The summed E-state index contributed by atoms with van der Waals surface area (Å²) >= 11 is 6.56. The molecule has 1 fully saturated rings. The fourth-order valence-corrected chi connectivity index (χ4v) is 3.21. The first-order valence-electron chi connectivity index (χ1n) is 5.84. The second kappa shape index (κ2) is 4.76. The highest BCUT2D eigenvalue weighted by atomic mass is 79.9. The largest absolute Gasteiger partial charge is 0.506 e. The summed E-state index contributed by atoms with van der Waals surface area (Å²) in [5, 5.41) is 13.8. The van der Waals surface area contributed by atoms with E-state index in [9.17, 15) is 9.90 Å². The summed E-state index contributed by atoms with van der Waals surface area (Å²) in [7, 11) is 0. The highest BCUT2D eigenvalue weighted by Crippen LogP contribution is 2.37. The highest BCUT2D eigenvalue weighted by Gasteiger charge is 2.35. The van der Waals surface area contributed by atoms with Crippen molar-refractivity contribution in [3.63, 3.8) is 0 Å². The van der Waals surface area contributed by atoms with Gasteiger partial charge >= 0.3 is 0 Å². The number of nitrogens with zero attached hydrogens (tertiary/aromatic N) is 1. The Labute approximate surface area is 126 Å². The van der Waals surface area contributed by atoms with Crippen LogP contribution in [-0.4, -0.2) is 16.7 Å². The molecule has 1 amide bonds. The molecule has 2 aliphatic rings. The molecule has 0 bridgehead atoms. The number of nitrogens with one attached hydrogen (secondary N) is 1. The number of hydrazone groups is 1. The fraction of sp³-hybridized carbons (Fsp3) is 0.231. The molecule has 0 radical (unpaired) electrons. The van der Waals surface area contributed by atoms with Gasteiger partial charge in [0.1, 0.15) is 5.75 Å². The van der Waals surface area contributed by atoms with Crippen molar-refractivity contribution in [2.45, 2.75) is 12.8 Å². The van der Waals surface area contributed by atoms with E-state index in [-0.39, 0.29) is 11.7 Å². The zero-order valence-corrected chi connectivity index (χ0v) is 13.0. The third-order valence-electron chi connectivity index (χ3n) is 3.11. The van der Waals surface area contributed by atoms with Crippen LogP contribution in [0.1, 0.15) is 18.4 Å². The number of amides is 1. The van der Waals surface area contributed by atoms with Gasteiger partial charge in [0, 0.05) is 5.92 Å². The summed E-state index contributed by atoms with van der Waals surface area (Å²) < 4.78 is 1.16. The van der Waals surface area contributed by atoms with Crippen molar-refractivity contribution in [3.05, 3.63) is 32.2 Å². The molecule has 0 saturated heterocycles. The first kappa shape index (κ1) is 12.9. The minimum absolute atomic E-state index is 0.147. The van der Waals surface area contributed by atoms with Gasteiger partial charge in [-0.05, 0) is 68.5 Å². The lowest BCUT2D eigenvalue weighted by Gasteiger charge is -2.04. The summed E-state index contributed by atoms with van der Waals surface area (Å²) in [6.45, 7) is 0. The SMILES string of the molecule is O=C1NN=C(C2CC2)C1=Cc1cc(Br)c(O)c(Br)c1. The maximum Gasteiger partial charge on any atom is 0.273 e. The first-order valence-corrected chi connectivity index (χ1v) is 7.43. The number of hydrogen-bond acceptors (Lipinski definition) is 3. The van der Waals surface area contributed by atoms with E-state index in [2.05, 4.69) is 42.4 Å². The van der Waals surface area contributed by atoms with Gasteiger partial charge in [-0.3, -0.25) is 4.79 Å². The van der Waals surface area contributed by atoms with E-state index in [0.717, 1.165) is 24.1 Å². The van der Waals surface area contributed by atoms with Crippen molar-refractivity contribution in [1.29, 1.82) is 0 Å². The molecule has 1 saturated carbocycles. The molecule has 1 aromatic rings. The van der Waals surface area contributed by atoms with Crippen molar-refractivity contribution >= 4 is 49.6 Å². The Bertz CT molecular complexity index is 611. The first-order chi connectivity index (χ1) is 9.06. The summed E-state index contributed by atoms with van der Waals surface area (Å²) in [5.41, 5.74) is 4.81. The molecular formula is C13H10Br2N2O2. The van der Waals surface area contributed by atoms with Crippen LogP contribution in [-0.2, 0) is 4.79 Å². The molecule has 0 aromatic heterocycles. The molecule has 2 N–H and O–H groups in total. The molecule has 6 heteroatoms. The van der Waals surface area contributed by atoms with Crippen LogP contribution < -0.4 is 5.43 Å². The van der Waals surface area contributed by atoms with Crippen LogP contribution in [0, 0.1) is 5.92 Å². The van der Waals surface area contributed by atoms with E-state index in [4.69, 9.17) is 0 Å². The van der Waals surface area contributed by atoms with Crippen molar-refractivity contribution in [2.75, 3.05) is 0 Å². The minimum Gasteiger partial charge on any atom is -0.506 e. The molecule has 1 aromatic carbocycles. The predicted octanol–water partition coefficient (Wildman–Crippen LogP) is 3.20. The highest BCUT2D eigenvalue weighted by molar-refractivity contribution is 9.11. The van der Waals surface area contributed by atoms with Gasteiger partial charge in [-0.25, -0.2) is 5.43 Å². The van der Waals surface area contributed by atoms with Crippen LogP contribution in [0.3, 0.4) is 0 Å². The minimum atomic E-state index is -0.165.